The number of ether oxygens (including phenoxy) is 3. The van der Waals surface area contributed by atoms with E-state index >= 15 is 0 Å². The van der Waals surface area contributed by atoms with Crippen molar-refractivity contribution in [3.8, 4) is 5.75 Å². The lowest BCUT2D eigenvalue weighted by Gasteiger charge is -2.27. The van der Waals surface area contributed by atoms with Crippen LogP contribution in [0.4, 0.5) is 0 Å². The lowest BCUT2D eigenvalue weighted by Crippen LogP contribution is -2.30. The van der Waals surface area contributed by atoms with Crippen LogP contribution < -0.4 is 0 Å². The summed E-state index contributed by atoms with van der Waals surface area (Å²) >= 11 is 0. The van der Waals surface area contributed by atoms with E-state index in [0.717, 1.165) is 12.8 Å². The summed E-state index contributed by atoms with van der Waals surface area (Å²) in [6, 6.07) is 7.32. The molecule has 138 valence electrons. The van der Waals surface area contributed by atoms with Crippen molar-refractivity contribution in [2.75, 3.05) is 0 Å². The molecule has 0 radical (unpaired) electrons. The molecule has 4 aliphatic rings. The van der Waals surface area contributed by atoms with E-state index in [1.165, 1.54) is 31.2 Å². The van der Waals surface area contributed by atoms with Gasteiger partial charge in [-0.1, -0.05) is 26.0 Å². The number of benzene rings is 1. The highest BCUT2D eigenvalue weighted by Crippen LogP contribution is 2.41. The molecule has 4 fully saturated rings. The number of hydrogen-bond donors (Lipinski definition) is 1. The van der Waals surface area contributed by atoms with Crippen LogP contribution >= 0.6 is 0 Å². The minimum absolute atomic E-state index is 0.337. The van der Waals surface area contributed by atoms with Gasteiger partial charge in [0.2, 0.25) is 0 Å². The van der Waals surface area contributed by atoms with E-state index in [2.05, 4.69) is 13.8 Å². The van der Waals surface area contributed by atoms with Crippen molar-refractivity contribution in [2.24, 2.45) is 0 Å². The molecule has 0 amide bonds. The second-order valence-electron chi connectivity index (χ2n) is 8.18. The fraction of sp³-hybridized carbons (Fsp3) is 0.714. The Morgan fingerprint density at radius 3 is 1.80 bits per heavy atom. The van der Waals surface area contributed by atoms with Crippen LogP contribution in [-0.4, -0.2) is 41.7 Å². The van der Waals surface area contributed by atoms with Crippen molar-refractivity contribution in [1.82, 2.24) is 0 Å². The van der Waals surface area contributed by atoms with Crippen LogP contribution in [0.15, 0.2) is 24.3 Å². The van der Waals surface area contributed by atoms with Gasteiger partial charge in [-0.15, -0.1) is 0 Å². The van der Waals surface area contributed by atoms with Gasteiger partial charge < -0.3 is 19.3 Å². The summed E-state index contributed by atoms with van der Waals surface area (Å²) in [5.41, 5.74) is 1.26. The van der Waals surface area contributed by atoms with Gasteiger partial charge in [-0.25, -0.2) is 0 Å². The maximum atomic E-state index is 8.94. The van der Waals surface area contributed by atoms with Crippen molar-refractivity contribution in [3.63, 3.8) is 0 Å². The number of hydrogen-bond acceptors (Lipinski definition) is 4. The molecule has 4 nitrogen and oxygen atoms in total. The zero-order valence-corrected chi connectivity index (χ0v) is 15.3. The van der Waals surface area contributed by atoms with Crippen LogP contribution in [0.25, 0.3) is 0 Å². The van der Waals surface area contributed by atoms with Crippen LogP contribution in [0, 0.1) is 0 Å². The normalized spacial score (nSPS) is 38.2. The van der Waals surface area contributed by atoms with Crippen LogP contribution in [0.2, 0.25) is 0 Å². The van der Waals surface area contributed by atoms with Gasteiger partial charge in [0, 0.05) is 12.8 Å². The molecule has 5 rings (SSSR count). The molecule has 1 N–H and O–H groups in total. The molecular formula is C21H30O4. The molecule has 2 aliphatic carbocycles. The summed E-state index contributed by atoms with van der Waals surface area (Å²) in [6.07, 6.45) is 10.3. The molecule has 1 aromatic rings. The van der Waals surface area contributed by atoms with Gasteiger partial charge >= 0.3 is 0 Å². The molecule has 4 heteroatoms. The minimum Gasteiger partial charge on any atom is -0.508 e. The predicted molar refractivity (Wildman–Crippen MR) is 95.9 cm³/mol. The fourth-order valence-corrected chi connectivity index (χ4v) is 4.11. The smallest absolute Gasteiger partial charge is 0.115 e. The third-order valence-corrected chi connectivity index (χ3v) is 5.86. The third-order valence-electron chi connectivity index (χ3n) is 5.86. The quantitative estimate of drug-likeness (QED) is 0.835. The van der Waals surface area contributed by atoms with Gasteiger partial charge in [-0.2, -0.15) is 0 Å². The zero-order valence-electron chi connectivity index (χ0n) is 15.3. The molecular weight excluding hydrogens is 316 g/mol. The average molecular weight is 346 g/mol. The van der Waals surface area contributed by atoms with Crippen molar-refractivity contribution < 1.29 is 19.3 Å². The van der Waals surface area contributed by atoms with E-state index in [1.807, 2.05) is 12.1 Å². The highest BCUT2D eigenvalue weighted by molar-refractivity contribution is 5.27. The maximum Gasteiger partial charge on any atom is 0.115 e. The first-order chi connectivity index (χ1) is 12.1. The maximum absolute atomic E-state index is 8.94. The number of rotatable bonds is 3. The Bertz CT molecular complexity index is 544. The van der Waals surface area contributed by atoms with Gasteiger partial charge in [0.15, 0.2) is 0 Å². The highest BCUT2D eigenvalue weighted by Gasteiger charge is 2.47. The second-order valence-corrected chi connectivity index (χ2v) is 8.18. The summed E-state index contributed by atoms with van der Waals surface area (Å²) in [7, 11) is 0. The Balaban J connectivity index is 0.000000138. The van der Waals surface area contributed by atoms with Crippen LogP contribution in [0.1, 0.15) is 63.9 Å². The fourth-order valence-electron chi connectivity index (χ4n) is 4.11. The molecule has 2 aliphatic heterocycles. The topological polar surface area (TPSA) is 54.5 Å². The summed E-state index contributed by atoms with van der Waals surface area (Å²) < 4.78 is 17.2. The number of phenols is 1. The summed E-state index contributed by atoms with van der Waals surface area (Å²) in [4.78, 5) is 0. The van der Waals surface area contributed by atoms with Gasteiger partial charge in [-0.3, -0.25) is 0 Å². The molecule has 6 unspecified atom stereocenters. The van der Waals surface area contributed by atoms with Gasteiger partial charge in [-0.05, 0) is 49.3 Å². The Labute approximate surface area is 150 Å². The van der Waals surface area contributed by atoms with Crippen molar-refractivity contribution in [3.05, 3.63) is 29.8 Å². The molecule has 0 aromatic heterocycles. The predicted octanol–water partition coefficient (Wildman–Crippen LogP) is 4.16. The molecule has 25 heavy (non-hydrogen) atoms. The number of epoxide rings is 2. The first-order valence-corrected chi connectivity index (χ1v) is 9.84. The Kier molecular flexibility index (Phi) is 5.03. The second kappa shape index (κ2) is 7.26. The van der Waals surface area contributed by atoms with Gasteiger partial charge in [0.05, 0.1) is 36.6 Å². The van der Waals surface area contributed by atoms with E-state index < -0.39 is 0 Å². The zero-order chi connectivity index (χ0) is 17.4. The molecule has 0 bridgehead atoms. The van der Waals surface area contributed by atoms with Crippen molar-refractivity contribution in [1.29, 1.82) is 0 Å². The van der Waals surface area contributed by atoms with E-state index in [-0.39, 0.29) is 0 Å². The standard InChI is InChI=1S/C12H18O3.C9H12O/c1-3-9-11(14-9)5-7(1)13-8-2-4-10-12(6-8)15-10;1-7(2)8-3-5-9(10)6-4-8/h7-12H,1-6H2;3-7,10H,1-2H3. The summed E-state index contributed by atoms with van der Waals surface area (Å²) in [6.45, 7) is 4.26. The largest absolute Gasteiger partial charge is 0.508 e. The van der Waals surface area contributed by atoms with E-state index in [1.54, 1.807) is 12.1 Å². The Morgan fingerprint density at radius 2 is 1.36 bits per heavy atom. The molecule has 6 atom stereocenters. The van der Waals surface area contributed by atoms with Crippen molar-refractivity contribution >= 4 is 0 Å². The van der Waals surface area contributed by atoms with Crippen LogP contribution in [-0.2, 0) is 14.2 Å². The molecule has 1 aromatic carbocycles. The van der Waals surface area contributed by atoms with E-state index in [9.17, 15) is 0 Å². The Morgan fingerprint density at radius 1 is 0.840 bits per heavy atom. The first kappa shape index (κ1) is 17.3. The van der Waals surface area contributed by atoms with E-state index in [4.69, 9.17) is 19.3 Å². The van der Waals surface area contributed by atoms with Gasteiger partial charge in [0.1, 0.15) is 5.75 Å². The number of fused-ring (bicyclic) bond motifs is 2. The Hall–Kier alpha value is -1.10. The number of phenolic OH excluding ortho intramolecular Hbond substituents is 1. The first-order valence-electron chi connectivity index (χ1n) is 9.84. The van der Waals surface area contributed by atoms with Crippen LogP contribution in [0.5, 0.6) is 5.75 Å². The SMILES string of the molecule is C1CC2OC2CC1OC1CCC2OC2C1.CC(C)c1ccc(O)cc1. The minimum atomic E-state index is 0.337. The summed E-state index contributed by atoms with van der Waals surface area (Å²) in [5, 5.41) is 8.94. The molecule has 2 saturated heterocycles. The molecule has 0 spiro atoms. The van der Waals surface area contributed by atoms with Crippen molar-refractivity contribution in [2.45, 2.75) is 94.9 Å². The third kappa shape index (κ3) is 4.55. The average Bonchev–Trinajstić information content (AvgIpc) is 3.50. The van der Waals surface area contributed by atoms with Crippen LogP contribution in [0.3, 0.4) is 0 Å². The lowest BCUT2D eigenvalue weighted by atomic mass is 9.95. The lowest BCUT2D eigenvalue weighted by molar-refractivity contribution is -0.0392. The highest BCUT2D eigenvalue weighted by atomic mass is 16.6. The monoisotopic (exact) mass is 346 g/mol. The number of aromatic hydroxyl groups is 1. The molecule has 2 heterocycles. The molecule has 2 saturated carbocycles. The summed E-state index contributed by atoms with van der Waals surface area (Å²) in [5.74, 6) is 0.880. The van der Waals surface area contributed by atoms with Gasteiger partial charge in [0.25, 0.3) is 0 Å². The van der Waals surface area contributed by atoms with E-state index in [0.29, 0.717) is 48.3 Å².